The standard InChI is InChI=1S/C32H35N5O4.C2HF3O2/c1-39-27-18-26(19-28(40-2)30(27)41-3)35-32-33-15-14-29(36-32)37-16-8-13-25(21-37)31(38)34-20-22-9-7-12-24(17-22)23-10-5-4-6-11-23;3-2(4,5)1(6)7/h4-7,9-12,14-15,17-19,25H,8,13,16,20-21H2,1-3H3,(H,34,38)(H,33,35,36);(H,6,7)/t25-;/m0./s1. The molecule has 5 rings (SSSR count). The summed E-state index contributed by atoms with van der Waals surface area (Å²) in [7, 11) is 4.71. The number of benzene rings is 3. The summed E-state index contributed by atoms with van der Waals surface area (Å²) >= 11 is 0. The minimum absolute atomic E-state index is 0.0599. The highest BCUT2D eigenvalue weighted by atomic mass is 19.4. The van der Waals surface area contributed by atoms with Gasteiger partial charge in [-0.15, -0.1) is 0 Å². The fourth-order valence-electron chi connectivity index (χ4n) is 5.09. The van der Waals surface area contributed by atoms with Crippen LogP contribution in [0.2, 0.25) is 0 Å². The Balaban J connectivity index is 0.000000671. The van der Waals surface area contributed by atoms with Crippen molar-refractivity contribution in [2.45, 2.75) is 25.6 Å². The lowest BCUT2D eigenvalue weighted by Gasteiger charge is -2.33. The Morgan fingerprint density at radius 1 is 0.938 bits per heavy atom. The Hall–Kier alpha value is -5.53. The number of ether oxygens (including phenoxy) is 3. The fourth-order valence-corrected chi connectivity index (χ4v) is 5.09. The van der Waals surface area contributed by atoms with Gasteiger partial charge >= 0.3 is 12.1 Å². The largest absolute Gasteiger partial charge is 0.493 e. The third-order valence-electron chi connectivity index (χ3n) is 7.42. The Bertz CT molecular complexity index is 1660. The second-order valence-corrected chi connectivity index (χ2v) is 10.6. The molecule has 14 heteroatoms. The lowest BCUT2D eigenvalue weighted by atomic mass is 9.97. The van der Waals surface area contributed by atoms with Crippen LogP contribution in [0.3, 0.4) is 0 Å². The summed E-state index contributed by atoms with van der Waals surface area (Å²) in [5, 5.41) is 13.5. The first-order valence-electron chi connectivity index (χ1n) is 14.9. The van der Waals surface area contributed by atoms with E-state index in [1.165, 1.54) is 0 Å². The molecule has 1 aliphatic rings. The summed E-state index contributed by atoms with van der Waals surface area (Å²) in [5.74, 6) is -0.0505. The predicted molar refractivity (Wildman–Crippen MR) is 174 cm³/mol. The SMILES string of the molecule is COc1cc(Nc2nccc(N3CCC[C@H](C(=O)NCc4cccc(-c5ccccc5)c4)C3)n2)cc(OC)c1OC.O=C(O)C(F)(F)F. The zero-order chi connectivity index (χ0) is 34.7. The van der Waals surface area contributed by atoms with Crippen molar-refractivity contribution < 1.29 is 42.1 Å². The van der Waals surface area contributed by atoms with Gasteiger partial charge in [0.05, 0.1) is 27.2 Å². The van der Waals surface area contributed by atoms with Crippen LogP contribution in [0.5, 0.6) is 17.2 Å². The highest BCUT2D eigenvalue weighted by molar-refractivity contribution is 5.79. The van der Waals surface area contributed by atoms with Gasteiger partial charge in [-0.25, -0.2) is 9.78 Å². The highest BCUT2D eigenvalue weighted by Gasteiger charge is 2.38. The van der Waals surface area contributed by atoms with E-state index in [0.717, 1.165) is 41.9 Å². The molecule has 1 aromatic heterocycles. The maximum atomic E-state index is 13.2. The van der Waals surface area contributed by atoms with E-state index >= 15 is 0 Å². The van der Waals surface area contributed by atoms with Gasteiger partial charge in [0.1, 0.15) is 5.82 Å². The number of alkyl halides is 3. The van der Waals surface area contributed by atoms with Crippen molar-refractivity contribution >= 4 is 29.3 Å². The zero-order valence-electron chi connectivity index (χ0n) is 26.6. The second-order valence-electron chi connectivity index (χ2n) is 10.6. The van der Waals surface area contributed by atoms with Crippen LogP contribution in [0, 0.1) is 5.92 Å². The molecular weight excluding hydrogens is 631 g/mol. The van der Waals surface area contributed by atoms with Gasteiger partial charge < -0.3 is 34.9 Å². The van der Waals surface area contributed by atoms with Crippen molar-refractivity contribution in [2.24, 2.45) is 5.92 Å². The molecule has 0 saturated carbocycles. The molecule has 0 radical (unpaired) electrons. The van der Waals surface area contributed by atoms with Gasteiger partial charge in [-0.05, 0) is 41.7 Å². The van der Waals surface area contributed by atoms with Gasteiger partial charge in [0.25, 0.3) is 0 Å². The number of hydrogen-bond donors (Lipinski definition) is 3. The van der Waals surface area contributed by atoms with Crippen LogP contribution in [0.15, 0.2) is 79.0 Å². The molecule has 1 fully saturated rings. The number of carboxylic acids is 1. The van der Waals surface area contributed by atoms with E-state index < -0.39 is 12.1 Å². The molecule has 1 saturated heterocycles. The molecular formula is C34H36F3N5O6. The fraction of sp³-hybridized carbons (Fsp3) is 0.294. The topological polar surface area (TPSA) is 135 Å². The quantitative estimate of drug-likeness (QED) is 0.183. The number of carbonyl (C=O) groups is 2. The summed E-state index contributed by atoms with van der Waals surface area (Å²) in [6.45, 7) is 1.91. The van der Waals surface area contributed by atoms with Gasteiger partial charge in [0.15, 0.2) is 11.5 Å². The van der Waals surface area contributed by atoms with Crippen molar-refractivity contribution in [2.75, 3.05) is 44.6 Å². The number of amides is 1. The minimum atomic E-state index is -5.08. The van der Waals surface area contributed by atoms with Crippen LogP contribution in [-0.2, 0) is 16.1 Å². The average molecular weight is 668 g/mol. The number of nitrogens with zero attached hydrogens (tertiary/aromatic N) is 3. The van der Waals surface area contributed by atoms with Crippen LogP contribution in [-0.4, -0.2) is 67.5 Å². The van der Waals surface area contributed by atoms with Crippen LogP contribution in [0.25, 0.3) is 11.1 Å². The van der Waals surface area contributed by atoms with E-state index in [0.29, 0.717) is 42.0 Å². The first-order valence-corrected chi connectivity index (χ1v) is 14.9. The van der Waals surface area contributed by atoms with Gasteiger partial charge in [-0.1, -0.05) is 48.5 Å². The van der Waals surface area contributed by atoms with E-state index in [1.807, 2.05) is 36.4 Å². The third-order valence-corrected chi connectivity index (χ3v) is 7.42. The van der Waals surface area contributed by atoms with Crippen molar-refractivity contribution in [1.29, 1.82) is 0 Å². The summed E-state index contributed by atoms with van der Waals surface area (Å²) in [5.41, 5.74) is 4.07. The van der Waals surface area contributed by atoms with E-state index in [4.69, 9.17) is 29.1 Å². The molecule has 0 bridgehead atoms. The number of hydrogen-bond acceptors (Lipinski definition) is 9. The van der Waals surface area contributed by atoms with Gasteiger partial charge in [-0.2, -0.15) is 18.2 Å². The number of aromatic nitrogens is 2. The van der Waals surface area contributed by atoms with Gasteiger partial charge in [0.2, 0.25) is 17.6 Å². The van der Waals surface area contributed by atoms with E-state index in [-0.39, 0.29) is 11.8 Å². The molecule has 3 N–H and O–H groups in total. The van der Waals surface area contributed by atoms with Crippen LogP contribution in [0.4, 0.5) is 30.6 Å². The molecule has 0 unspecified atom stereocenters. The summed E-state index contributed by atoms with van der Waals surface area (Å²) in [4.78, 5) is 33.3. The number of anilines is 3. The van der Waals surface area contributed by atoms with E-state index in [9.17, 15) is 18.0 Å². The molecule has 1 atom stereocenters. The Morgan fingerprint density at radius 2 is 1.60 bits per heavy atom. The molecule has 48 heavy (non-hydrogen) atoms. The molecule has 1 amide bonds. The lowest BCUT2D eigenvalue weighted by Crippen LogP contribution is -2.43. The van der Waals surface area contributed by atoms with Crippen molar-refractivity contribution in [3.8, 4) is 28.4 Å². The number of aliphatic carboxylic acids is 1. The zero-order valence-corrected chi connectivity index (χ0v) is 26.6. The molecule has 11 nitrogen and oxygen atoms in total. The van der Waals surface area contributed by atoms with Crippen molar-refractivity contribution in [3.63, 3.8) is 0 Å². The second kappa shape index (κ2) is 16.3. The maximum absolute atomic E-state index is 13.2. The number of nitrogens with one attached hydrogen (secondary N) is 2. The Morgan fingerprint density at radius 3 is 2.23 bits per heavy atom. The summed E-state index contributed by atoms with van der Waals surface area (Å²) in [6, 6.07) is 24.0. The summed E-state index contributed by atoms with van der Waals surface area (Å²) < 4.78 is 48.0. The average Bonchev–Trinajstić information content (AvgIpc) is 3.10. The first kappa shape index (κ1) is 35.3. The smallest absolute Gasteiger partial charge is 0.490 e. The molecule has 254 valence electrons. The molecule has 0 aliphatic carbocycles. The van der Waals surface area contributed by atoms with Gasteiger partial charge in [-0.3, -0.25) is 4.79 Å². The van der Waals surface area contributed by atoms with Crippen LogP contribution < -0.4 is 29.7 Å². The van der Waals surface area contributed by atoms with E-state index in [2.05, 4.69) is 44.8 Å². The predicted octanol–water partition coefficient (Wildman–Crippen LogP) is 6.08. The number of rotatable bonds is 10. The van der Waals surface area contributed by atoms with E-state index in [1.54, 1.807) is 39.7 Å². The highest BCUT2D eigenvalue weighted by Crippen LogP contribution is 2.40. The summed E-state index contributed by atoms with van der Waals surface area (Å²) in [6.07, 6.45) is -1.62. The molecule has 3 aromatic carbocycles. The number of methoxy groups -OCH3 is 3. The monoisotopic (exact) mass is 667 g/mol. The third kappa shape index (κ3) is 9.50. The minimum Gasteiger partial charge on any atom is -0.493 e. The van der Waals surface area contributed by atoms with Crippen molar-refractivity contribution in [3.05, 3.63) is 84.6 Å². The number of halogens is 3. The molecule has 0 spiro atoms. The molecule has 1 aliphatic heterocycles. The van der Waals surface area contributed by atoms with Crippen LogP contribution in [0.1, 0.15) is 18.4 Å². The number of carbonyl (C=O) groups excluding carboxylic acids is 1. The molecule has 2 heterocycles. The first-order chi connectivity index (χ1) is 23.0. The molecule has 4 aromatic rings. The normalized spacial score (nSPS) is 14.2. The Labute approximate surface area is 275 Å². The number of carboxylic acid groups (broad SMARTS) is 1. The van der Waals surface area contributed by atoms with Crippen molar-refractivity contribution in [1.82, 2.24) is 15.3 Å². The Kier molecular flexibility index (Phi) is 12.0. The van der Waals surface area contributed by atoms with Crippen LogP contribution >= 0.6 is 0 Å². The van der Waals surface area contributed by atoms with Gasteiger partial charge in [0, 0.05) is 43.7 Å². The number of piperidine rings is 1. The lowest BCUT2D eigenvalue weighted by molar-refractivity contribution is -0.192. The maximum Gasteiger partial charge on any atom is 0.490 e.